The van der Waals surface area contributed by atoms with E-state index in [9.17, 15) is 9.90 Å². The number of aromatic nitrogens is 3. The highest BCUT2D eigenvalue weighted by molar-refractivity contribution is 6.42. The number of hydrogen-bond acceptors (Lipinski definition) is 4. The standard InChI is InChI=1S/C20H20Cl2N4O2.2C2H6/c1-11-6-16(21)17(22)8-18(11)24-9-13(3)26-19(20(27)28)15(10-25-26)14-4-5-23-12(2)7-14;2*1-2/h4-8,10,13,24H,9H2,1-3H3,(H,27,28);2*1-2H3. The van der Waals surface area contributed by atoms with Crippen LogP contribution in [-0.2, 0) is 0 Å². The molecule has 3 rings (SSSR count). The number of aryl methyl sites for hydroxylation is 2. The molecule has 1 unspecified atom stereocenters. The maximum Gasteiger partial charge on any atom is 0.354 e. The van der Waals surface area contributed by atoms with Crippen molar-refractivity contribution >= 4 is 34.9 Å². The number of nitrogens with one attached hydrogen (secondary N) is 1. The number of hydrogen-bond donors (Lipinski definition) is 2. The van der Waals surface area contributed by atoms with Gasteiger partial charge in [0.15, 0.2) is 5.69 Å². The second-order valence-electron chi connectivity index (χ2n) is 6.65. The van der Waals surface area contributed by atoms with E-state index in [0.29, 0.717) is 22.2 Å². The number of pyridine rings is 1. The topological polar surface area (TPSA) is 80.0 Å². The van der Waals surface area contributed by atoms with Gasteiger partial charge in [0.2, 0.25) is 0 Å². The van der Waals surface area contributed by atoms with Gasteiger partial charge >= 0.3 is 5.97 Å². The fourth-order valence-corrected chi connectivity index (χ4v) is 3.40. The van der Waals surface area contributed by atoms with Crippen molar-refractivity contribution in [3.05, 3.63) is 63.7 Å². The SMILES string of the molecule is CC.CC.Cc1cc(-c2cnn(C(C)CNc3cc(Cl)c(Cl)cc3C)c2C(=O)O)ccn1. The number of nitrogens with zero attached hydrogens (tertiary/aromatic N) is 3. The van der Waals surface area contributed by atoms with Crippen molar-refractivity contribution in [2.45, 2.75) is 54.5 Å². The van der Waals surface area contributed by atoms with E-state index in [-0.39, 0.29) is 11.7 Å². The van der Waals surface area contributed by atoms with Gasteiger partial charge in [-0.3, -0.25) is 9.67 Å². The zero-order valence-corrected chi connectivity index (χ0v) is 21.2. The van der Waals surface area contributed by atoms with Gasteiger partial charge in [-0.25, -0.2) is 4.79 Å². The minimum Gasteiger partial charge on any atom is -0.477 e. The van der Waals surface area contributed by atoms with Gasteiger partial charge in [-0.2, -0.15) is 5.10 Å². The molecule has 0 bridgehead atoms. The zero-order chi connectivity index (χ0) is 24.4. The number of halogens is 2. The monoisotopic (exact) mass is 478 g/mol. The van der Waals surface area contributed by atoms with Gasteiger partial charge in [-0.05, 0) is 56.2 Å². The molecule has 2 heterocycles. The molecular formula is C24H32Cl2N4O2. The van der Waals surface area contributed by atoms with Crippen LogP contribution in [0.5, 0.6) is 0 Å². The first-order valence-corrected chi connectivity index (χ1v) is 11.5. The fourth-order valence-electron chi connectivity index (χ4n) is 3.01. The van der Waals surface area contributed by atoms with Crippen molar-refractivity contribution in [3.8, 4) is 11.1 Å². The smallest absolute Gasteiger partial charge is 0.354 e. The van der Waals surface area contributed by atoms with Crippen molar-refractivity contribution < 1.29 is 9.90 Å². The Kier molecular flexibility index (Phi) is 11.2. The van der Waals surface area contributed by atoms with Gasteiger partial charge < -0.3 is 10.4 Å². The lowest BCUT2D eigenvalue weighted by Gasteiger charge is -2.18. The van der Waals surface area contributed by atoms with Crippen LogP contribution in [0, 0.1) is 13.8 Å². The number of aromatic carboxylic acids is 1. The molecule has 8 heteroatoms. The highest BCUT2D eigenvalue weighted by atomic mass is 35.5. The molecule has 0 aliphatic carbocycles. The Hall–Kier alpha value is -2.57. The summed E-state index contributed by atoms with van der Waals surface area (Å²) >= 11 is 12.1. The van der Waals surface area contributed by atoms with Crippen LogP contribution in [0.15, 0.2) is 36.7 Å². The molecule has 32 heavy (non-hydrogen) atoms. The predicted molar refractivity (Wildman–Crippen MR) is 134 cm³/mol. The summed E-state index contributed by atoms with van der Waals surface area (Å²) in [6.45, 7) is 14.2. The lowest BCUT2D eigenvalue weighted by atomic mass is 10.1. The highest BCUT2D eigenvalue weighted by Crippen LogP contribution is 2.30. The van der Waals surface area contributed by atoms with Crippen molar-refractivity contribution in [1.29, 1.82) is 0 Å². The Morgan fingerprint density at radius 1 is 1.12 bits per heavy atom. The molecule has 0 saturated heterocycles. The van der Waals surface area contributed by atoms with Crippen molar-refractivity contribution in [1.82, 2.24) is 14.8 Å². The maximum absolute atomic E-state index is 11.9. The molecule has 2 aromatic heterocycles. The molecule has 6 nitrogen and oxygen atoms in total. The molecule has 0 amide bonds. The number of rotatable bonds is 6. The largest absolute Gasteiger partial charge is 0.477 e. The van der Waals surface area contributed by atoms with Gasteiger partial charge in [0.05, 0.1) is 22.3 Å². The van der Waals surface area contributed by atoms with E-state index in [1.54, 1.807) is 30.6 Å². The Labute approximate surface area is 200 Å². The van der Waals surface area contributed by atoms with Gasteiger partial charge in [-0.15, -0.1) is 0 Å². The lowest BCUT2D eigenvalue weighted by Crippen LogP contribution is -2.21. The first-order valence-electron chi connectivity index (χ1n) is 10.7. The third-order valence-electron chi connectivity index (χ3n) is 4.48. The van der Waals surface area contributed by atoms with Crippen LogP contribution in [-0.4, -0.2) is 32.4 Å². The normalized spacial score (nSPS) is 10.9. The van der Waals surface area contributed by atoms with Crippen molar-refractivity contribution in [3.63, 3.8) is 0 Å². The van der Waals surface area contributed by atoms with Crippen molar-refractivity contribution in [2.24, 2.45) is 0 Å². The number of carboxylic acids is 1. The summed E-state index contributed by atoms with van der Waals surface area (Å²) in [5.74, 6) is -1.03. The molecule has 0 fully saturated rings. The van der Waals surface area contributed by atoms with E-state index in [0.717, 1.165) is 22.5 Å². The predicted octanol–water partition coefficient (Wildman–Crippen LogP) is 7.29. The average molecular weight is 479 g/mol. The Balaban J connectivity index is 0.00000121. The van der Waals surface area contributed by atoms with E-state index in [1.165, 1.54) is 4.68 Å². The number of carboxylic acid groups (broad SMARTS) is 1. The first-order chi connectivity index (χ1) is 15.3. The molecule has 0 aliphatic rings. The summed E-state index contributed by atoms with van der Waals surface area (Å²) in [4.78, 5) is 16.1. The quantitative estimate of drug-likeness (QED) is 0.388. The first kappa shape index (κ1) is 27.5. The zero-order valence-electron chi connectivity index (χ0n) is 19.7. The van der Waals surface area contributed by atoms with Crippen LogP contribution < -0.4 is 5.32 Å². The van der Waals surface area contributed by atoms with Crippen LogP contribution in [0.1, 0.15) is 62.4 Å². The second kappa shape index (κ2) is 13.1. The number of benzene rings is 1. The summed E-state index contributed by atoms with van der Waals surface area (Å²) in [5, 5.41) is 18.4. The highest BCUT2D eigenvalue weighted by Gasteiger charge is 2.22. The molecule has 1 atom stereocenters. The second-order valence-corrected chi connectivity index (χ2v) is 7.47. The van der Waals surface area contributed by atoms with Gasteiger partial charge in [0.25, 0.3) is 0 Å². The summed E-state index contributed by atoms with van der Waals surface area (Å²) < 4.78 is 1.52. The molecular weight excluding hydrogens is 447 g/mol. The van der Waals surface area contributed by atoms with Crippen molar-refractivity contribution in [2.75, 3.05) is 11.9 Å². The summed E-state index contributed by atoms with van der Waals surface area (Å²) in [5.41, 5.74) is 4.09. The summed E-state index contributed by atoms with van der Waals surface area (Å²) in [6, 6.07) is 6.96. The molecule has 0 aliphatic heterocycles. The Morgan fingerprint density at radius 2 is 1.75 bits per heavy atom. The Morgan fingerprint density at radius 3 is 2.34 bits per heavy atom. The van der Waals surface area contributed by atoms with Gasteiger partial charge in [0, 0.05) is 29.7 Å². The summed E-state index contributed by atoms with van der Waals surface area (Å²) in [6.07, 6.45) is 3.24. The van der Waals surface area contributed by atoms with Gasteiger partial charge in [0.1, 0.15) is 0 Å². The lowest BCUT2D eigenvalue weighted by molar-refractivity contribution is 0.0682. The van der Waals surface area contributed by atoms with E-state index in [1.807, 2.05) is 54.5 Å². The number of anilines is 1. The van der Waals surface area contributed by atoms with Crippen LogP contribution in [0.25, 0.3) is 11.1 Å². The molecule has 0 spiro atoms. The van der Waals surface area contributed by atoms with Crippen LogP contribution in [0.3, 0.4) is 0 Å². The minimum atomic E-state index is -1.03. The number of carbonyl (C=O) groups is 1. The Bertz CT molecular complexity index is 1030. The molecule has 1 aromatic carbocycles. The molecule has 0 radical (unpaired) electrons. The van der Waals surface area contributed by atoms with E-state index >= 15 is 0 Å². The fraction of sp³-hybridized carbons (Fsp3) is 0.375. The minimum absolute atomic E-state index is 0.144. The van der Waals surface area contributed by atoms with Crippen LogP contribution in [0.2, 0.25) is 10.0 Å². The molecule has 2 N–H and O–H groups in total. The molecule has 174 valence electrons. The molecule has 3 aromatic rings. The third-order valence-corrected chi connectivity index (χ3v) is 5.20. The maximum atomic E-state index is 11.9. The van der Waals surface area contributed by atoms with Crippen LogP contribution in [0.4, 0.5) is 5.69 Å². The van der Waals surface area contributed by atoms with Crippen LogP contribution >= 0.6 is 23.2 Å². The van der Waals surface area contributed by atoms with Gasteiger partial charge in [-0.1, -0.05) is 50.9 Å². The van der Waals surface area contributed by atoms with E-state index < -0.39 is 5.97 Å². The third kappa shape index (κ3) is 6.71. The average Bonchev–Trinajstić information content (AvgIpc) is 3.24. The summed E-state index contributed by atoms with van der Waals surface area (Å²) in [7, 11) is 0. The van der Waals surface area contributed by atoms with E-state index in [4.69, 9.17) is 23.2 Å². The molecule has 0 saturated carbocycles. The van der Waals surface area contributed by atoms with E-state index in [2.05, 4.69) is 15.4 Å².